The van der Waals surface area contributed by atoms with E-state index in [2.05, 4.69) is 26.2 Å². The van der Waals surface area contributed by atoms with E-state index >= 15 is 0 Å². The van der Waals surface area contributed by atoms with Gasteiger partial charge in [-0.15, -0.1) is 0 Å². The first-order valence-corrected chi connectivity index (χ1v) is 7.45. The van der Waals surface area contributed by atoms with Gasteiger partial charge < -0.3 is 5.32 Å². The molecule has 0 bridgehead atoms. The molecule has 2 aromatic rings. The molecule has 0 aliphatic heterocycles. The van der Waals surface area contributed by atoms with Crippen LogP contribution in [0.15, 0.2) is 47.2 Å². The molecule has 2 rings (SSSR count). The maximum absolute atomic E-state index is 13.0. The highest BCUT2D eigenvalue weighted by Gasteiger charge is 2.20. The minimum Gasteiger partial charge on any atom is -0.345 e. The summed E-state index contributed by atoms with van der Waals surface area (Å²) in [4.78, 5) is 16.4. The average molecular weight is 351 g/mol. The van der Waals surface area contributed by atoms with Gasteiger partial charge in [0.05, 0.1) is 11.6 Å². The van der Waals surface area contributed by atoms with E-state index in [1.54, 1.807) is 30.5 Å². The van der Waals surface area contributed by atoms with Gasteiger partial charge in [0.15, 0.2) is 0 Å². The number of halogens is 2. The second-order valence-corrected chi connectivity index (χ2v) is 5.84. The first-order chi connectivity index (χ1) is 9.99. The third-order valence-corrected chi connectivity index (χ3v) is 3.82. The molecule has 0 saturated heterocycles. The number of benzene rings is 1. The molecule has 0 aliphatic carbocycles. The van der Waals surface area contributed by atoms with E-state index in [1.807, 2.05) is 13.8 Å². The molecule has 0 aliphatic rings. The zero-order valence-electron chi connectivity index (χ0n) is 11.8. The Morgan fingerprint density at radius 2 is 1.90 bits per heavy atom. The number of nitrogens with zero attached hydrogens (tertiary/aromatic N) is 1. The zero-order valence-corrected chi connectivity index (χ0v) is 13.4. The van der Waals surface area contributed by atoms with Crippen molar-refractivity contribution in [1.82, 2.24) is 10.3 Å². The molecular formula is C16H16BrFN2O. The number of amides is 1. The van der Waals surface area contributed by atoms with Crippen LogP contribution in [0.1, 0.15) is 35.8 Å². The number of hydrogen-bond donors (Lipinski definition) is 1. The molecular weight excluding hydrogens is 335 g/mol. The first kappa shape index (κ1) is 15.6. The minimum atomic E-state index is -0.289. The normalized spacial score (nSPS) is 12.2. The summed E-state index contributed by atoms with van der Waals surface area (Å²) in [7, 11) is 0. The summed E-state index contributed by atoms with van der Waals surface area (Å²) in [5.74, 6) is -0.324. The van der Waals surface area contributed by atoms with Gasteiger partial charge in [-0.2, -0.15) is 0 Å². The van der Waals surface area contributed by atoms with Gasteiger partial charge in [-0.25, -0.2) is 9.37 Å². The second-order valence-electron chi connectivity index (χ2n) is 5.09. The van der Waals surface area contributed by atoms with Crippen molar-refractivity contribution >= 4 is 21.8 Å². The van der Waals surface area contributed by atoms with Gasteiger partial charge in [0, 0.05) is 6.20 Å². The SMILES string of the molecule is CC(C)C(NC(=O)c1cccnc1Br)c1ccc(F)cc1. The van der Waals surface area contributed by atoms with Crippen LogP contribution in [0.3, 0.4) is 0 Å². The van der Waals surface area contributed by atoms with E-state index in [0.717, 1.165) is 5.56 Å². The van der Waals surface area contributed by atoms with E-state index in [9.17, 15) is 9.18 Å². The third-order valence-electron chi connectivity index (χ3n) is 3.19. The Morgan fingerprint density at radius 3 is 2.48 bits per heavy atom. The van der Waals surface area contributed by atoms with Crippen LogP contribution in [0.2, 0.25) is 0 Å². The van der Waals surface area contributed by atoms with E-state index in [0.29, 0.717) is 10.2 Å². The van der Waals surface area contributed by atoms with E-state index in [1.165, 1.54) is 12.1 Å². The summed E-state index contributed by atoms with van der Waals surface area (Å²) in [5, 5.41) is 2.98. The smallest absolute Gasteiger partial charge is 0.254 e. The molecule has 1 heterocycles. The van der Waals surface area contributed by atoms with Gasteiger partial charge in [-0.1, -0.05) is 26.0 Å². The van der Waals surface area contributed by atoms with Gasteiger partial charge in [-0.05, 0) is 51.7 Å². The molecule has 0 fully saturated rings. The molecule has 110 valence electrons. The summed E-state index contributed by atoms with van der Waals surface area (Å²) in [6.07, 6.45) is 1.61. The molecule has 0 spiro atoms. The summed E-state index contributed by atoms with van der Waals surface area (Å²) < 4.78 is 13.5. The van der Waals surface area contributed by atoms with Crippen molar-refractivity contribution in [3.8, 4) is 0 Å². The van der Waals surface area contributed by atoms with Crippen molar-refractivity contribution < 1.29 is 9.18 Å². The van der Waals surface area contributed by atoms with Crippen molar-refractivity contribution in [3.05, 3.63) is 64.1 Å². The van der Waals surface area contributed by atoms with E-state index in [-0.39, 0.29) is 23.7 Å². The number of rotatable bonds is 4. The van der Waals surface area contributed by atoms with Crippen LogP contribution in [-0.4, -0.2) is 10.9 Å². The molecule has 1 aromatic carbocycles. The Kier molecular flexibility index (Phi) is 5.07. The number of nitrogens with one attached hydrogen (secondary N) is 1. The lowest BCUT2D eigenvalue weighted by atomic mass is 9.95. The second kappa shape index (κ2) is 6.80. The van der Waals surface area contributed by atoms with E-state index in [4.69, 9.17) is 0 Å². The fourth-order valence-electron chi connectivity index (χ4n) is 2.08. The van der Waals surface area contributed by atoms with Crippen LogP contribution in [0.4, 0.5) is 4.39 Å². The summed E-state index contributed by atoms with van der Waals surface area (Å²) in [5.41, 5.74) is 1.35. The van der Waals surface area contributed by atoms with E-state index < -0.39 is 0 Å². The van der Waals surface area contributed by atoms with Gasteiger partial charge in [0.1, 0.15) is 10.4 Å². The largest absolute Gasteiger partial charge is 0.345 e. The maximum atomic E-state index is 13.0. The molecule has 3 nitrogen and oxygen atoms in total. The fourth-order valence-corrected chi connectivity index (χ4v) is 2.51. The lowest BCUT2D eigenvalue weighted by Gasteiger charge is -2.23. The topological polar surface area (TPSA) is 42.0 Å². The van der Waals surface area contributed by atoms with Crippen LogP contribution < -0.4 is 5.32 Å². The van der Waals surface area contributed by atoms with Crippen LogP contribution in [0.25, 0.3) is 0 Å². The molecule has 1 N–H and O–H groups in total. The molecule has 21 heavy (non-hydrogen) atoms. The van der Waals surface area contributed by atoms with Crippen molar-refractivity contribution in [1.29, 1.82) is 0 Å². The Bertz CT molecular complexity index is 628. The quantitative estimate of drug-likeness (QED) is 0.843. The number of carbonyl (C=O) groups is 1. The molecule has 1 amide bonds. The van der Waals surface area contributed by atoms with Crippen molar-refractivity contribution in [2.75, 3.05) is 0 Å². The monoisotopic (exact) mass is 350 g/mol. The van der Waals surface area contributed by atoms with Crippen LogP contribution in [-0.2, 0) is 0 Å². The lowest BCUT2D eigenvalue weighted by Crippen LogP contribution is -2.32. The molecule has 5 heteroatoms. The molecule has 1 aromatic heterocycles. The number of aromatic nitrogens is 1. The third kappa shape index (κ3) is 3.88. The van der Waals surface area contributed by atoms with Gasteiger partial charge >= 0.3 is 0 Å². The van der Waals surface area contributed by atoms with Gasteiger partial charge in [0.25, 0.3) is 5.91 Å². The Labute approximate surface area is 131 Å². The average Bonchev–Trinajstić information content (AvgIpc) is 2.46. The number of carbonyl (C=O) groups excluding carboxylic acids is 1. The highest BCUT2D eigenvalue weighted by Crippen LogP contribution is 2.23. The van der Waals surface area contributed by atoms with Crippen molar-refractivity contribution in [2.24, 2.45) is 5.92 Å². The Balaban J connectivity index is 2.23. The van der Waals surface area contributed by atoms with Crippen LogP contribution in [0.5, 0.6) is 0 Å². The molecule has 0 radical (unpaired) electrons. The lowest BCUT2D eigenvalue weighted by molar-refractivity contribution is 0.0924. The summed E-state index contributed by atoms with van der Waals surface area (Å²) in [6.45, 7) is 4.01. The zero-order chi connectivity index (χ0) is 15.4. The summed E-state index contributed by atoms with van der Waals surface area (Å²) >= 11 is 3.27. The maximum Gasteiger partial charge on any atom is 0.254 e. The Morgan fingerprint density at radius 1 is 1.24 bits per heavy atom. The highest BCUT2D eigenvalue weighted by molar-refractivity contribution is 9.10. The minimum absolute atomic E-state index is 0.176. The van der Waals surface area contributed by atoms with Crippen molar-refractivity contribution in [2.45, 2.75) is 19.9 Å². The van der Waals surface area contributed by atoms with Crippen LogP contribution >= 0.6 is 15.9 Å². The number of pyridine rings is 1. The predicted octanol–water partition coefficient (Wildman–Crippen LogP) is 4.11. The number of hydrogen-bond acceptors (Lipinski definition) is 2. The predicted molar refractivity (Wildman–Crippen MR) is 83.4 cm³/mol. The highest BCUT2D eigenvalue weighted by atomic mass is 79.9. The molecule has 1 unspecified atom stereocenters. The molecule has 1 atom stereocenters. The first-order valence-electron chi connectivity index (χ1n) is 6.66. The van der Waals surface area contributed by atoms with Gasteiger partial charge in [-0.3, -0.25) is 4.79 Å². The summed E-state index contributed by atoms with van der Waals surface area (Å²) in [6, 6.07) is 9.41. The fraction of sp³-hybridized carbons (Fsp3) is 0.250. The van der Waals surface area contributed by atoms with Gasteiger partial charge in [0.2, 0.25) is 0 Å². The standard InChI is InChI=1S/C16H16BrFN2O/c1-10(2)14(11-5-7-12(18)8-6-11)20-16(21)13-4-3-9-19-15(13)17/h3-10,14H,1-2H3,(H,20,21). The van der Waals surface area contributed by atoms with Crippen LogP contribution in [0, 0.1) is 11.7 Å². The molecule has 0 saturated carbocycles. The Hall–Kier alpha value is -1.75. The van der Waals surface area contributed by atoms with Crippen molar-refractivity contribution in [3.63, 3.8) is 0 Å².